The number of anilines is 1. The van der Waals surface area contributed by atoms with Gasteiger partial charge in [0.1, 0.15) is 5.75 Å². The minimum Gasteiger partial charge on any atom is -0.497 e. The molecule has 0 aliphatic rings. The fourth-order valence-corrected chi connectivity index (χ4v) is 2.74. The summed E-state index contributed by atoms with van der Waals surface area (Å²) in [7, 11) is 1.66. The van der Waals surface area contributed by atoms with Gasteiger partial charge >= 0.3 is 0 Å². The molecule has 3 aromatic rings. The number of aromatic nitrogens is 2. The summed E-state index contributed by atoms with van der Waals surface area (Å²) < 4.78 is 5.27. The minimum atomic E-state index is 0.636. The number of aliphatic imine (C=N–C) groups is 1. The van der Waals surface area contributed by atoms with Crippen molar-refractivity contribution >= 4 is 22.7 Å². The van der Waals surface area contributed by atoms with Crippen LogP contribution in [0.2, 0.25) is 0 Å². The van der Waals surface area contributed by atoms with Crippen LogP contribution in [0.1, 0.15) is 5.56 Å². The second kappa shape index (κ2) is 8.39. The van der Waals surface area contributed by atoms with Gasteiger partial charge in [0, 0.05) is 11.6 Å². The Morgan fingerprint density at radius 1 is 1.16 bits per heavy atom. The molecule has 128 valence electrons. The molecule has 2 N–H and O–H groups in total. The van der Waals surface area contributed by atoms with Gasteiger partial charge in [-0.1, -0.05) is 54.2 Å². The van der Waals surface area contributed by atoms with Crippen molar-refractivity contribution in [3.8, 4) is 17.0 Å². The number of ether oxygens (including phenoxy) is 1. The van der Waals surface area contributed by atoms with Crippen molar-refractivity contribution < 1.29 is 4.74 Å². The zero-order valence-corrected chi connectivity index (χ0v) is 15.0. The zero-order valence-electron chi connectivity index (χ0n) is 14.2. The third kappa shape index (κ3) is 4.64. The summed E-state index contributed by atoms with van der Waals surface area (Å²) in [6.07, 6.45) is 1.99. The molecule has 0 unspecified atom stereocenters. The van der Waals surface area contributed by atoms with E-state index in [4.69, 9.17) is 4.74 Å². The van der Waals surface area contributed by atoms with E-state index >= 15 is 0 Å². The quantitative estimate of drug-likeness (QED) is 0.527. The van der Waals surface area contributed by atoms with E-state index < -0.39 is 0 Å². The number of aromatic amines is 1. The van der Waals surface area contributed by atoms with Gasteiger partial charge in [0.05, 0.1) is 19.3 Å². The molecular weight excluding hydrogens is 332 g/mol. The van der Waals surface area contributed by atoms with Gasteiger partial charge in [-0.05, 0) is 24.0 Å². The van der Waals surface area contributed by atoms with E-state index in [0.29, 0.717) is 6.54 Å². The zero-order chi connectivity index (χ0) is 17.5. The highest BCUT2D eigenvalue weighted by Crippen LogP contribution is 2.24. The summed E-state index contributed by atoms with van der Waals surface area (Å²) in [5, 5.41) is 11.4. The first-order valence-corrected chi connectivity index (χ1v) is 9.10. The molecule has 1 aromatic heterocycles. The topological polar surface area (TPSA) is 62.3 Å². The summed E-state index contributed by atoms with van der Waals surface area (Å²) in [6, 6.07) is 20.0. The molecular formula is C19H20N4OS. The SMILES string of the molecule is COc1cccc(-c2cc(NC(=NCc3ccccc3)SC)n[nH]2)c1. The van der Waals surface area contributed by atoms with Gasteiger partial charge in [0.15, 0.2) is 11.0 Å². The third-order valence-corrected chi connectivity index (χ3v) is 4.25. The van der Waals surface area contributed by atoms with Crippen LogP contribution in [0.4, 0.5) is 5.82 Å². The molecule has 0 aliphatic heterocycles. The maximum absolute atomic E-state index is 5.27. The summed E-state index contributed by atoms with van der Waals surface area (Å²) in [4.78, 5) is 4.61. The van der Waals surface area contributed by atoms with Crippen LogP contribution in [0.15, 0.2) is 65.7 Å². The van der Waals surface area contributed by atoms with E-state index in [2.05, 4.69) is 32.6 Å². The average molecular weight is 352 g/mol. The van der Waals surface area contributed by atoms with Crippen LogP contribution in [0.5, 0.6) is 5.75 Å². The molecule has 6 heteroatoms. The first-order chi connectivity index (χ1) is 12.3. The molecule has 5 nitrogen and oxygen atoms in total. The second-order valence-electron chi connectivity index (χ2n) is 5.33. The summed E-state index contributed by atoms with van der Waals surface area (Å²) >= 11 is 1.56. The average Bonchev–Trinajstić information content (AvgIpc) is 3.14. The Morgan fingerprint density at radius 3 is 2.76 bits per heavy atom. The number of benzene rings is 2. The van der Waals surface area contributed by atoms with Crippen LogP contribution in [0.25, 0.3) is 11.3 Å². The molecule has 0 amide bonds. The van der Waals surface area contributed by atoms with Crippen molar-refractivity contribution in [2.24, 2.45) is 4.99 Å². The first-order valence-electron chi connectivity index (χ1n) is 7.87. The van der Waals surface area contributed by atoms with Crippen molar-refractivity contribution in [2.75, 3.05) is 18.7 Å². The van der Waals surface area contributed by atoms with E-state index in [1.54, 1.807) is 18.9 Å². The maximum Gasteiger partial charge on any atom is 0.162 e. The Kier molecular flexibility index (Phi) is 5.74. The maximum atomic E-state index is 5.27. The van der Waals surface area contributed by atoms with E-state index in [-0.39, 0.29) is 0 Å². The molecule has 25 heavy (non-hydrogen) atoms. The number of H-pyrrole nitrogens is 1. The fraction of sp³-hybridized carbons (Fsp3) is 0.158. The van der Waals surface area contributed by atoms with Crippen LogP contribution in [0.3, 0.4) is 0 Å². The number of nitrogens with zero attached hydrogens (tertiary/aromatic N) is 2. The van der Waals surface area contributed by atoms with Crippen LogP contribution in [-0.2, 0) is 6.54 Å². The third-order valence-electron chi connectivity index (χ3n) is 3.64. The predicted molar refractivity (Wildman–Crippen MR) is 105 cm³/mol. The lowest BCUT2D eigenvalue weighted by atomic mass is 10.1. The molecule has 0 fully saturated rings. The van der Waals surface area contributed by atoms with Crippen LogP contribution < -0.4 is 10.1 Å². The van der Waals surface area contributed by atoms with E-state index in [0.717, 1.165) is 28.0 Å². The number of rotatable bonds is 5. The van der Waals surface area contributed by atoms with Crippen molar-refractivity contribution in [1.82, 2.24) is 10.2 Å². The van der Waals surface area contributed by atoms with Crippen LogP contribution in [0, 0.1) is 0 Å². The van der Waals surface area contributed by atoms with Gasteiger partial charge in [-0.15, -0.1) is 0 Å². The van der Waals surface area contributed by atoms with Gasteiger partial charge in [0.2, 0.25) is 0 Å². The minimum absolute atomic E-state index is 0.636. The second-order valence-corrected chi connectivity index (χ2v) is 6.13. The number of hydrogen-bond acceptors (Lipinski definition) is 4. The van der Waals surface area contributed by atoms with Crippen LogP contribution in [-0.4, -0.2) is 28.7 Å². The number of nitrogens with one attached hydrogen (secondary N) is 2. The summed E-state index contributed by atoms with van der Waals surface area (Å²) in [5.74, 6) is 1.55. The molecule has 0 saturated carbocycles. The number of hydrogen-bond donors (Lipinski definition) is 2. The van der Waals surface area contributed by atoms with Crippen LogP contribution >= 0.6 is 11.8 Å². The van der Waals surface area contributed by atoms with E-state index in [1.807, 2.05) is 54.8 Å². The Bertz CT molecular complexity index is 845. The van der Waals surface area contributed by atoms with Gasteiger partial charge in [-0.25, -0.2) is 0 Å². The molecule has 0 radical (unpaired) electrons. The highest BCUT2D eigenvalue weighted by Gasteiger charge is 2.06. The van der Waals surface area contributed by atoms with Gasteiger partial charge in [0.25, 0.3) is 0 Å². The Labute approximate surface area is 151 Å². The fourth-order valence-electron chi connectivity index (χ4n) is 2.34. The highest BCUT2D eigenvalue weighted by molar-refractivity contribution is 8.13. The molecule has 0 atom stereocenters. The molecule has 3 rings (SSSR count). The van der Waals surface area contributed by atoms with Gasteiger partial charge in [-0.3, -0.25) is 10.1 Å². The molecule has 2 aromatic carbocycles. The van der Waals surface area contributed by atoms with E-state index in [1.165, 1.54) is 5.56 Å². The molecule has 0 saturated heterocycles. The summed E-state index contributed by atoms with van der Waals surface area (Å²) in [5.41, 5.74) is 3.12. The monoisotopic (exact) mass is 352 g/mol. The van der Waals surface area contributed by atoms with Crippen molar-refractivity contribution in [3.63, 3.8) is 0 Å². The van der Waals surface area contributed by atoms with Gasteiger partial charge < -0.3 is 10.1 Å². The van der Waals surface area contributed by atoms with Gasteiger partial charge in [-0.2, -0.15) is 5.10 Å². The Hall–Kier alpha value is -2.73. The lowest BCUT2D eigenvalue weighted by Gasteiger charge is -2.04. The smallest absolute Gasteiger partial charge is 0.162 e. The number of amidine groups is 1. The Balaban J connectivity index is 1.70. The van der Waals surface area contributed by atoms with Crippen molar-refractivity contribution in [3.05, 3.63) is 66.2 Å². The van der Waals surface area contributed by atoms with Crippen molar-refractivity contribution in [1.29, 1.82) is 0 Å². The molecule has 0 aliphatic carbocycles. The standard InChI is InChI=1S/C19H20N4OS/c1-24-16-10-6-9-15(11-16)17-12-18(23-22-17)21-19(25-2)20-13-14-7-4-3-5-8-14/h3-12H,13H2,1-2H3,(H2,20,21,22,23). The lowest BCUT2D eigenvalue weighted by Crippen LogP contribution is -2.08. The lowest BCUT2D eigenvalue weighted by molar-refractivity contribution is 0.415. The molecule has 0 bridgehead atoms. The molecule has 1 heterocycles. The largest absolute Gasteiger partial charge is 0.497 e. The van der Waals surface area contributed by atoms with Crippen molar-refractivity contribution in [2.45, 2.75) is 6.54 Å². The van der Waals surface area contributed by atoms with E-state index in [9.17, 15) is 0 Å². The number of thioether (sulfide) groups is 1. The highest BCUT2D eigenvalue weighted by atomic mass is 32.2. The Morgan fingerprint density at radius 2 is 2.00 bits per heavy atom. The summed E-state index contributed by atoms with van der Waals surface area (Å²) in [6.45, 7) is 0.636. The normalized spacial score (nSPS) is 11.4. The number of methoxy groups -OCH3 is 1. The molecule has 0 spiro atoms. The predicted octanol–water partition coefficient (Wildman–Crippen LogP) is 4.42. The first kappa shape index (κ1) is 17.1.